The van der Waals surface area contributed by atoms with Crippen molar-refractivity contribution in [2.24, 2.45) is 0 Å². The number of halogens is 2. The van der Waals surface area contributed by atoms with Gasteiger partial charge < -0.3 is 24.1 Å². The van der Waals surface area contributed by atoms with Crippen molar-refractivity contribution in [3.63, 3.8) is 0 Å². The van der Waals surface area contributed by atoms with Gasteiger partial charge in [-0.15, -0.1) is 11.3 Å². The quantitative estimate of drug-likeness (QED) is 0.200. The number of carbonyl (C=O) groups excluding carboxylic acids is 3. The number of benzene rings is 2. The molecule has 3 heterocycles. The first kappa shape index (κ1) is 30.0. The van der Waals surface area contributed by atoms with Crippen LogP contribution in [0.2, 0.25) is 10.0 Å². The summed E-state index contributed by atoms with van der Waals surface area (Å²) in [6.45, 7) is 2.93. The fourth-order valence-electron chi connectivity index (χ4n) is 5.05. The van der Waals surface area contributed by atoms with E-state index in [1.54, 1.807) is 35.4 Å². The molecule has 0 saturated carbocycles. The first-order chi connectivity index (χ1) is 20.3. The molecule has 1 saturated heterocycles. The average molecular weight is 631 g/mol. The lowest BCUT2D eigenvalue weighted by Crippen LogP contribution is -2.35. The third-order valence-electron chi connectivity index (χ3n) is 7.12. The van der Waals surface area contributed by atoms with Gasteiger partial charge in [-0.1, -0.05) is 41.4 Å². The molecular formula is C30H29Cl2N3O6S. The maximum atomic E-state index is 13.6. The van der Waals surface area contributed by atoms with Crippen LogP contribution in [-0.4, -0.2) is 54.0 Å². The molecule has 5 rings (SSSR count). The van der Waals surface area contributed by atoms with E-state index in [9.17, 15) is 14.4 Å². The SMILES string of the molecule is CCO[C@H]1CCN(C(=O)Cc2cc(Cl)c(NC(=O)c3coc4ccccc34)cc2Cl)[C@@H]1c1ncc(CCC(=O)OC)s1. The van der Waals surface area contributed by atoms with Crippen LogP contribution in [0, 0.1) is 0 Å². The van der Waals surface area contributed by atoms with Gasteiger partial charge in [0.05, 0.1) is 42.3 Å². The monoisotopic (exact) mass is 629 g/mol. The molecular weight excluding hydrogens is 601 g/mol. The number of aryl methyl sites for hydroxylation is 1. The maximum absolute atomic E-state index is 13.6. The summed E-state index contributed by atoms with van der Waals surface area (Å²) in [5.41, 5.74) is 1.83. The largest absolute Gasteiger partial charge is 0.469 e. The van der Waals surface area contributed by atoms with E-state index in [0.29, 0.717) is 58.8 Å². The van der Waals surface area contributed by atoms with E-state index in [-0.39, 0.29) is 41.9 Å². The molecule has 4 aromatic rings. The summed E-state index contributed by atoms with van der Waals surface area (Å²) in [4.78, 5) is 45.4. The number of fused-ring (bicyclic) bond motifs is 1. The summed E-state index contributed by atoms with van der Waals surface area (Å²) >= 11 is 14.6. The molecule has 1 fully saturated rings. The van der Waals surface area contributed by atoms with E-state index in [1.807, 2.05) is 19.1 Å². The number of rotatable bonds is 10. The number of hydrogen-bond acceptors (Lipinski definition) is 8. The second-order valence-corrected chi connectivity index (χ2v) is 11.7. The molecule has 2 aromatic heterocycles. The van der Waals surface area contributed by atoms with Crippen LogP contribution in [0.25, 0.3) is 11.0 Å². The number of methoxy groups -OCH3 is 1. The smallest absolute Gasteiger partial charge is 0.305 e. The third-order valence-corrected chi connectivity index (χ3v) is 8.92. The van der Waals surface area contributed by atoms with Crippen molar-refractivity contribution in [2.45, 2.75) is 44.8 Å². The standard InChI is InChI=1S/C30H29Cl2N3O6S/c1-3-40-25-10-11-35(28(25)30-33-15-18(42-30)8-9-27(37)39-2)26(36)13-17-12-22(32)23(14-21(17)31)34-29(38)20-16-41-24-7-5-4-6-19(20)24/h4-7,12,14-16,25,28H,3,8-11,13H2,1-2H3,(H,34,38)/t25-,28-/m0/s1. The Bertz CT molecular complexity index is 1620. The van der Waals surface area contributed by atoms with Crippen LogP contribution < -0.4 is 5.32 Å². The van der Waals surface area contributed by atoms with Gasteiger partial charge in [-0.3, -0.25) is 14.4 Å². The molecule has 1 aliphatic rings. The second-order valence-electron chi connectivity index (χ2n) is 9.76. The second kappa shape index (κ2) is 13.2. The number of furan rings is 1. The van der Waals surface area contributed by atoms with Gasteiger partial charge in [-0.05, 0) is 43.5 Å². The lowest BCUT2D eigenvalue weighted by molar-refractivity contribution is -0.140. The topological polar surface area (TPSA) is 111 Å². The highest BCUT2D eigenvalue weighted by Gasteiger charge is 2.40. The lowest BCUT2D eigenvalue weighted by atomic mass is 10.1. The summed E-state index contributed by atoms with van der Waals surface area (Å²) in [5, 5.41) is 4.78. The molecule has 0 radical (unpaired) electrons. The highest BCUT2D eigenvalue weighted by Crippen LogP contribution is 2.38. The highest BCUT2D eigenvalue weighted by molar-refractivity contribution is 7.11. The fourth-order valence-corrected chi connectivity index (χ4v) is 6.60. The summed E-state index contributed by atoms with van der Waals surface area (Å²) in [7, 11) is 1.36. The number of esters is 1. The summed E-state index contributed by atoms with van der Waals surface area (Å²) in [6.07, 6.45) is 4.39. The number of para-hydroxylation sites is 1. The number of amides is 2. The molecule has 1 N–H and O–H groups in total. The summed E-state index contributed by atoms with van der Waals surface area (Å²) < 4.78 is 16.2. The van der Waals surface area contributed by atoms with Crippen LogP contribution in [0.5, 0.6) is 0 Å². The number of likely N-dealkylation sites (tertiary alicyclic amines) is 1. The van der Waals surface area contributed by atoms with Crippen molar-refractivity contribution in [1.29, 1.82) is 0 Å². The Labute approximate surface area is 256 Å². The van der Waals surface area contributed by atoms with E-state index in [2.05, 4.69) is 10.3 Å². The van der Waals surface area contributed by atoms with Crippen LogP contribution >= 0.6 is 34.5 Å². The Kier molecular flexibility index (Phi) is 9.47. The first-order valence-corrected chi connectivity index (χ1v) is 15.0. The minimum atomic E-state index is -0.391. The van der Waals surface area contributed by atoms with Gasteiger partial charge in [-0.25, -0.2) is 4.98 Å². The van der Waals surface area contributed by atoms with Crippen molar-refractivity contribution in [3.8, 4) is 0 Å². The Morgan fingerprint density at radius 2 is 2.00 bits per heavy atom. The summed E-state index contributed by atoms with van der Waals surface area (Å²) in [5.74, 6) is -0.822. The van der Waals surface area contributed by atoms with Crippen LogP contribution in [0.4, 0.5) is 5.69 Å². The van der Waals surface area contributed by atoms with Gasteiger partial charge in [-0.2, -0.15) is 0 Å². The highest BCUT2D eigenvalue weighted by atomic mass is 35.5. The number of thiazole rings is 1. The molecule has 0 spiro atoms. The van der Waals surface area contributed by atoms with Gasteiger partial charge >= 0.3 is 5.97 Å². The molecule has 12 heteroatoms. The minimum absolute atomic E-state index is 0.00899. The zero-order valence-corrected chi connectivity index (χ0v) is 25.4. The normalized spacial score (nSPS) is 16.6. The third kappa shape index (κ3) is 6.47. The van der Waals surface area contributed by atoms with E-state index >= 15 is 0 Å². The Morgan fingerprint density at radius 3 is 2.79 bits per heavy atom. The van der Waals surface area contributed by atoms with E-state index in [1.165, 1.54) is 24.7 Å². The lowest BCUT2D eigenvalue weighted by Gasteiger charge is -2.27. The molecule has 0 unspecified atom stereocenters. The molecule has 2 aromatic carbocycles. The fraction of sp³-hybridized carbons (Fsp3) is 0.333. The van der Waals surface area contributed by atoms with Gasteiger partial charge in [0.1, 0.15) is 22.9 Å². The van der Waals surface area contributed by atoms with Gasteiger partial charge in [0.25, 0.3) is 5.91 Å². The number of ether oxygens (including phenoxy) is 2. The van der Waals surface area contributed by atoms with Crippen LogP contribution in [0.3, 0.4) is 0 Å². The zero-order chi connectivity index (χ0) is 29.8. The first-order valence-electron chi connectivity index (χ1n) is 13.5. The van der Waals surface area contributed by atoms with E-state index < -0.39 is 5.91 Å². The average Bonchev–Trinajstić information content (AvgIpc) is 3.72. The maximum Gasteiger partial charge on any atom is 0.305 e. The van der Waals surface area contributed by atoms with Gasteiger partial charge in [0.2, 0.25) is 5.91 Å². The number of nitrogens with one attached hydrogen (secondary N) is 1. The number of anilines is 1. The van der Waals surface area contributed by atoms with Gasteiger partial charge in [0, 0.05) is 34.6 Å². The van der Waals surface area contributed by atoms with E-state index in [0.717, 1.165) is 9.88 Å². The molecule has 42 heavy (non-hydrogen) atoms. The molecule has 0 bridgehead atoms. The summed E-state index contributed by atoms with van der Waals surface area (Å²) in [6, 6.07) is 10.0. The van der Waals surface area contributed by atoms with Crippen molar-refractivity contribution in [2.75, 3.05) is 25.6 Å². The van der Waals surface area contributed by atoms with E-state index in [4.69, 9.17) is 37.1 Å². The van der Waals surface area contributed by atoms with Crippen molar-refractivity contribution < 1.29 is 28.3 Å². The minimum Gasteiger partial charge on any atom is -0.469 e. The number of aromatic nitrogens is 1. The predicted octanol–water partition coefficient (Wildman–Crippen LogP) is 6.48. The molecule has 2 amide bonds. The predicted molar refractivity (Wildman–Crippen MR) is 161 cm³/mol. The number of hydrogen-bond donors (Lipinski definition) is 1. The van der Waals surface area contributed by atoms with Gasteiger partial charge in [0.15, 0.2) is 0 Å². The van der Waals surface area contributed by atoms with Crippen LogP contribution in [-0.2, 0) is 31.9 Å². The molecule has 9 nitrogen and oxygen atoms in total. The van der Waals surface area contributed by atoms with Crippen molar-refractivity contribution >= 4 is 69.0 Å². The molecule has 2 atom stereocenters. The molecule has 220 valence electrons. The Hall–Kier alpha value is -3.44. The molecule has 1 aliphatic heterocycles. The Morgan fingerprint density at radius 1 is 1.19 bits per heavy atom. The number of carbonyl (C=O) groups is 3. The van der Waals surface area contributed by atoms with Crippen LogP contribution in [0.1, 0.15) is 51.6 Å². The Balaban J connectivity index is 1.30. The zero-order valence-electron chi connectivity index (χ0n) is 23.0. The van der Waals surface area contributed by atoms with Crippen molar-refractivity contribution in [1.82, 2.24) is 9.88 Å². The molecule has 0 aliphatic carbocycles. The van der Waals surface area contributed by atoms with Crippen LogP contribution in [0.15, 0.2) is 53.3 Å². The van der Waals surface area contributed by atoms with Crippen molar-refractivity contribution in [3.05, 3.63) is 79.9 Å². The number of nitrogens with zero attached hydrogens (tertiary/aromatic N) is 2.